The van der Waals surface area contributed by atoms with Crippen LogP contribution in [0.5, 0.6) is 5.06 Å². The molecule has 0 amide bonds. The van der Waals surface area contributed by atoms with Crippen LogP contribution in [0.2, 0.25) is 0 Å². The molecule has 0 aliphatic carbocycles. The maximum atomic E-state index is 10.8. The van der Waals surface area contributed by atoms with E-state index in [1.165, 1.54) is 31.5 Å². The number of hydrogen-bond donors (Lipinski definition) is 0. The van der Waals surface area contributed by atoms with Gasteiger partial charge in [-0.05, 0) is 42.8 Å². The van der Waals surface area contributed by atoms with Gasteiger partial charge in [-0.1, -0.05) is 11.3 Å². The standard InChI is InChI=1S/C15H12O2S3/c1-9-7-13(11-5-6-14(17-2)19-11)20-15(9)12-4-3-10(8-16)18-12/h3-8H,1-2H3. The Bertz CT molecular complexity index is 749. The van der Waals surface area contributed by atoms with E-state index >= 15 is 0 Å². The normalized spacial score (nSPS) is 10.7. The molecule has 20 heavy (non-hydrogen) atoms. The van der Waals surface area contributed by atoms with Crippen LogP contribution >= 0.6 is 34.0 Å². The Morgan fingerprint density at radius 3 is 2.45 bits per heavy atom. The molecule has 0 aliphatic heterocycles. The fourth-order valence-corrected chi connectivity index (χ4v) is 5.02. The molecule has 0 fully saturated rings. The van der Waals surface area contributed by atoms with Crippen molar-refractivity contribution in [3.8, 4) is 24.6 Å². The molecule has 3 aromatic rings. The fourth-order valence-electron chi connectivity index (χ4n) is 1.95. The number of carbonyl (C=O) groups is 1. The summed E-state index contributed by atoms with van der Waals surface area (Å²) in [4.78, 5) is 16.4. The van der Waals surface area contributed by atoms with Crippen molar-refractivity contribution < 1.29 is 9.53 Å². The van der Waals surface area contributed by atoms with Gasteiger partial charge in [0.2, 0.25) is 0 Å². The van der Waals surface area contributed by atoms with Crippen molar-refractivity contribution in [1.29, 1.82) is 0 Å². The summed E-state index contributed by atoms with van der Waals surface area (Å²) in [6, 6.07) is 10.2. The molecule has 0 radical (unpaired) electrons. The maximum Gasteiger partial charge on any atom is 0.173 e. The summed E-state index contributed by atoms with van der Waals surface area (Å²) in [6.45, 7) is 2.11. The van der Waals surface area contributed by atoms with Gasteiger partial charge in [-0.3, -0.25) is 4.79 Å². The molecule has 3 rings (SSSR count). The molecule has 0 atom stereocenters. The van der Waals surface area contributed by atoms with Crippen LogP contribution in [0, 0.1) is 6.92 Å². The molecule has 0 saturated heterocycles. The Labute approximate surface area is 129 Å². The average Bonchev–Trinajstić information content (AvgIpc) is 3.16. The van der Waals surface area contributed by atoms with E-state index in [1.54, 1.807) is 29.8 Å². The van der Waals surface area contributed by atoms with Crippen molar-refractivity contribution in [3.63, 3.8) is 0 Å². The molecule has 3 aromatic heterocycles. The van der Waals surface area contributed by atoms with Crippen LogP contribution in [0.15, 0.2) is 30.3 Å². The first-order valence-corrected chi connectivity index (χ1v) is 8.46. The van der Waals surface area contributed by atoms with Gasteiger partial charge in [0.15, 0.2) is 11.3 Å². The number of aldehydes is 1. The van der Waals surface area contributed by atoms with Gasteiger partial charge < -0.3 is 4.74 Å². The molecular weight excluding hydrogens is 308 g/mol. The van der Waals surface area contributed by atoms with E-state index < -0.39 is 0 Å². The van der Waals surface area contributed by atoms with Gasteiger partial charge in [0, 0.05) is 19.5 Å². The van der Waals surface area contributed by atoms with Gasteiger partial charge in [-0.25, -0.2) is 0 Å². The van der Waals surface area contributed by atoms with E-state index in [0.29, 0.717) is 0 Å². The second-order valence-corrected chi connectivity index (χ2v) is 7.48. The monoisotopic (exact) mass is 320 g/mol. The van der Waals surface area contributed by atoms with Crippen LogP contribution in [0.3, 0.4) is 0 Å². The van der Waals surface area contributed by atoms with Crippen LogP contribution in [0.25, 0.3) is 19.5 Å². The molecule has 102 valence electrons. The fraction of sp³-hybridized carbons (Fsp3) is 0.133. The summed E-state index contributed by atoms with van der Waals surface area (Å²) in [5.74, 6) is 0. The topological polar surface area (TPSA) is 26.3 Å². The minimum absolute atomic E-state index is 0.771. The summed E-state index contributed by atoms with van der Waals surface area (Å²) in [5.41, 5.74) is 1.25. The third-order valence-corrected chi connectivity index (χ3v) is 6.58. The third kappa shape index (κ3) is 2.44. The molecule has 0 aliphatic rings. The Hall–Kier alpha value is -1.43. The first-order valence-electron chi connectivity index (χ1n) is 6.01. The highest BCUT2D eigenvalue weighted by molar-refractivity contribution is 7.27. The third-order valence-electron chi connectivity index (χ3n) is 2.91. The first-order chi connectivity index (χ1) is 9.71. The highest BCUT2D eigenvalue weighted by Crippen LogP contribution is 2.43. The predicted molar refractivity (Wildman–Crippen MR) is 87.6 cm³/mol. The van der Waals surface area contributed by atoms with E-state index in [-0.39, 0.29) is 0 Å². The van der Waals surface area contributed by atoms with Gasteiger partial charge in [0.05, 0.1) is 12.0 Å². The maximum absolute atomic E-state index is 10.8. The van der Waals surface area contributed by atoms with Gasteiger partial charge in [-0.15, -0.1) is 22.7 Å². The molecule has 0 N–H and O–H groups in total. The second-order valence-electron chi connectivity index (χ2n) is 4.27. The summed E-state index contributed by atoms with van der Waals surface area (Å²) < 4.78 is 5.24. The molecule has 0 saturated carbocycles. The lowest BCUT2D eigenvalue weighted by atomic mass is 10.2. The quantitative estimate of drug-likeness (QED) is 0.607. The number of hydrogen-bond acceptors (Lipinski definition) is 5. The van der Waals surface area contributed by atoms with E-state index in [2.05, 4.69) is 19.1 Å². The van der Waals surface area contributed by atoms with Crippen LogP contribution < -0.4 is 4.74 Å². The van der Waals surface area contributed by atoms with E-state index in [0.717, 1.165) is 21.1 Å². The van der Waals surface area contributed by atoms with Crippen molar-refractivity contribution in [2.24, 2.45) is 0 Å². The van der Waals surface area contributed by atoms with E-state index in [4.69, 9.17) is 4.74 Å². The van der Waals surface area contributed by atoms with Crippen molar-refractivity contribution >= 4 is 40.3 Å². The van der Waals surface area contributed by atoms with Gasteiger partial charge in [0.1, 0.15) is 0 Å². The largest absolute Gasteiger partial charge is 0.487 e. The smallest absolute Gasteiger partial charge is 0.173 e. The lowest BCUT2D eigenvalue weighted by Gasteiger charge is -1.93. The zero-order valence-electron chi connectivity index (χ0n) is 11.0. The van der Waals surface area contributed by atoms with Crippen molar-refractivity contribution in [2.45, 2.75) is 6.92 Å². The molecule has 0 bridgehead atoms. The Morgan fingerprint density at radius 2 is 1.80 bits per heavy atom. The van der Waals surface area contributed by atoms with Crippen LogP contribution in [-0.4, -0.2) is 13.4 Å². The molecule has 0 spiro atoms. The molecule has 5 heteroatoms. The van der Waals surface area contributed by atoms with Gasteiger partial charge in [-0.2, -0.15) is 0 Å². The number of carbonyl (C=O) groups excluding carboxylic acids is 1. The molecule has 3 heterocycles. The summed E-state index contributed by atoms with van der Waals surface area (Å²) >= 11 is 4.95. The number of aryl methyl sites for hydroxylation is 1. The van der Waals surface area contributed by atoms with Crippen molar-refractivity contribution in [2.75, 3.05) is 7.11 Å². The molecular formula is C15H12O2S3. The van der Waals surface area contributed by atoms with Gasteiger partial charge in [0.25, 0.3) is 0 Å². The Balaban J connectivity index is 2.00. The first kappa shape index (κ1) is 13.5. The van der Waals surface area contributed by atoms with Crippen LogP contribution in [0.4, 0.5) is 0 Å². The zero-order chi connectivity index (χ0) is 14.1. The molecule has 0 unspecified atom stereocenters. The number of rotatable bonds is 4. The van der Waals surface area contributed by atoms with Gasteiger partial charge >= 0.3 is 0 Å². The summed E-state index contributed by atoms with van der Waals surface area (Å²) in [5, 5.41) is 0.923. The molecule has 2 nitrogen and oxygen atoms in total. The second kappa shape index (κ2) is 5.52. The highest BCUT2D eigenvalue weighted by Gasteiger charge is 2.13. The van der Waals surface area contributed by atoms with E-state index in [9.17, 15) is 4.79 Å². The average molecular weight is 320 g/mol. The minimum atomic E-state index is 0.771. The predicted octanol–water partition coefficient (Wildman–Crippen LogP) is 5.33. The number of ether oxygens (including phenoxy) is 1. The Morgan fingerprint density at radius 1 is 1.00 bits per heavy atom. The highest BCUT2D eigenvalue weighted by atomic mass is 32.1. The van der Waals surface area contributed by atoms with Crippen LogP contribution in [-0.2, 0) is 0 Å². The van der Waals surface area contributed by atoms with Crippen LogP contribution in [0.1, 0.15) is 15.2 Å². The molecule has 0 aromatic carbocycles. The summed E-state index contributed by atoms with van der Waals surface area (Å²) in [7, 11) is 1.69. The lowest BCUT2D eigenvalue weighted by molar-refractivity contribution is 0.112. The SMILES string of the molecule is COc1ccc(-c2cc(C)c(-c3ccc(C=O)s3)s2)s1. The van der Waals surface area contributed by atoms with E-state index in [1.807, 2.05) is 18.2 Å². The summed E-state index contributed by atoms with van der Waals surface area (Å²) in [6.07, 6.45) is 0.905. The van der Waals surface area contributed by atoms with Crippen molar-refractivity contribution in [3.05, 3.63) is 40.8 Å². The Kier molecular flexibility index (Phi) is 3.74. The zero-order valence-corrected chi connectivity index (χ0v) is 13.5. The minimum Gasteiger partial charge on any atom is -0.487 e. The van der Waals surface area contributed by atoms with Crippen molar-refractivity contribution in [1.82, 2.24) is 0 Å². The number of thiophene rings is 3. The lowest BCUT2D eigenvalue weighted by Crippen LogP contribution is -1.73. The number of methoxy groups -OCH3 is 1.